The summed E-state index contributed by atoms with van der Waals surface area (Å²) >= 11 is 1.55. The summed E-state index contributed by atoms with van der Waals surface area (Å²) < 4.78 is 4.92. The molecule has 3 aromatic rings. The van der Waals surface area contributed by atoms with E-state index in [0.717, 1.165) is 40.8 Å². The average molecular weight is 630 g/mol. The first-order valence-corrected chi connectivity index (χ1v) is 13.7. The normalized spacial score (nSPS) is 22.5. The molecule has 2 saturated heterocycles. The van der Waals surface area contributed by atoms with E-state index in [9.17, 15) is 14.4 Å². The Morgan fingerprint density at radius 2 is 1.92 bits per heavy atom. The molecule has 0 saturated carbocycles. The van der Waals surface area contributed by atoms with Gasteiger partial charge in [0.15, 0.2) is 23.0 Å². The van der Waals surface area contributed by atoms with Gasteiger partial charge in [0.2, 0.25) is 11.8 Å². The van der Waals surface area contributed by atoms with Crippen molar-refractivity contribution in [3.8, 4) is 11.1 Å². The number of rotatable bonds is 5. The number of carbonyl (C=O) groups is 3. The van der Waals surface area contributed by atoms with Crippen molar-refractivity contribution in [2.75, 3.05) is 20.1 Å². The van der Waals surface area contributed by atoms with Crippen LogP contribution in [-0.4, -0.2) is 75.9 Å². The number of nitrogens with zero attached hydrogens (tertiary/aromatic N) is 3. The summed E-state index contributed by atoms with van der Waals surface area (Å²) in [6.45, 7) is 2.19. The fourth-order valence-corrected chi connectivity index (χ4v) is 5.74. The van der Waals surface area contributed by atoms with Crippen molar-refractivity contribution < 1.29 is 17.4 Å². The summed E-state index contributed by atoms with van der Waals surface area (Å²) in [5, 5.41) is 5.76. The van der Waals surface area contributed by atoms with Crippen LogP contribution in [0, 0.1) is 0 Å². The molecule has 2 aliphatic heterocycles. The predicted molar refractivity (Wildman–Crippen MR) is 151 cm³/mol. The van der Waals surface area contributed by atoms with Gasteiger partial charge in [-0.25, -0.2) is 9.78 Å². The second-order valence-electron chi connectivity index (χ2n) is 9.83. The van der Waals surface area contributed by atoms with E-state index in [0.29, 0.717) is 13.0 Å². The predicted octanol–water partition coefficient (Wildman–Crippen LogP) is 3.55. The van der Waals surface area contributed by atoms with E-state index in [4.69, 9.17) is 8.05 Å². The Morgan fingerprint density at radius 1 is 1.13 bits per heavy atom. The van der Waals surface area contributed by atoms with Crippen molar-refractivity contribution in [2.24, 2.45) is 0 Å². The molecule has 0 spiro atoms. The Hall–Kier alpha value is -3.19. The highest BCUT2D eigenvalue weighted by atomic mass is 127. The zero-order valence-corrected chi connectivity index (χ0v) is 23.5. The van der Waals surface area contributed by atoms with E-state index in [1.807, 2.05) is 35.2 Å². The molecule has 3 heterocycles. The van der Waals surface area contributed by atoms with Gasteiger partial charge in [0.25, 0.3) is 0 Å². The molecule has 2 aromatic carbocycles. The molecule has 0 radical (unpaired) electrons. The highest BCUT2D eigenvalue weighted by Crippen LogP contribution is 2.39. The van der Waals surface area contributed by atoms with Gasteiger partial charge in [0, 0.05) is 18.2 Å². The van der Waals surface area contributed by atoms with Crippen molar-refractivity contribution in [3.63, 3.8) is 0 Å². The zero-order valence-electron chi connectivity index (χ0n) is 21.3. The second-order valence-corrected chi connectivity index (χ2v) is 10.3. The molecule has 2 aliphatic rings. The lowest BCUT2D eigenvalue weighted by molar-refractivity contribution is -0.141. The smallest absolute Gasteiger partial charge is 0.378 e. The molecule has 0 unspecified atom stereocenters. The van der Waals surface area contributed by atoms with Crippen molar-refractivity contribution in [2.45, 2.75) is 50.4 Å². The number of nitrogens with one attached hydrogen (secondary N) is 3. The molecule has 4 atom stereocenters. The number of amides is 3. The highest BCUT2D eigenvalue weighted by Gasteiger charge is 2.44. The van der Waals surface area contributed by atoms with Gasteiger partial charge in [-0.1, -0.05) is 42.5 Å². The van der Waals surface area contributed by atoms with Crippen LogP contribution in [0.1, 0.15) is 38.1 Å². The van der Waals surface area contributed by atoms with Crippen LogP contribution in [0.5, 0.6) is 0 Å². The maximum atomic E-state index is 14.0. The van der Waals surface area contributed by atoms with Crippen molar-refractivity contribution in [1.82, 2.24) is 30.4 Å². The molecule has 0 bridgehead atoms. The fourth-order valence-electron chi connectivity index (χ4n) is 5.46. The lowest BCUT2D eigenvalue weighted by Gasteiger charge is -2.38. The molecular formula is C27H31IN6O4. The molecule has 10 nitrogen and oxygen atoms in total. The van der Waals surface area contributed by atoms with Crippen molar-refractivity contribution in [3.05, 3.63) is 54.4 Å². The summed E-state index contributed by atoms with van der Waals surface area (Å²) in [5.41, 5.74) is 3.91. The van der Waals surface area contributed by atoms with Crippen LogP contribution in [0.4, 0.5) is 4.79 Å². The number of para-hydroxylation sites is 1. The number of aromatic amines is 1. The van der Waals surface area contributed by atoms with Gasteiger partial charge in [-0.15, -0.1) is 0 Å². The number of H-pyrrole nitrogens is 1. The van der Waals surface area contributed by atoms with Crippen molar-refractivity contribution in [1.29, 1.82) is 0 Å². The summed E-state index contributed by atoms with van der Waals surface area (Å²) in [4.78, 5) is 51.0. The molecule has 5 rings (SSSR count). The molecule has 0 aliphatic carbocycles. The first kappa shape index (κ1) is 26.4. The maximum Gasteiger partial charge on any atom is 0.419 e. The fraction of sp³-hybridized carbons (Fsp3) is 0.407. The number of hydrogen-bond donors (Lipinski definition) is 3. The Kier molecular flexibility index (Phi) is 7.84. The molecule has 11 heteroatoms. The maximum absolute atomic E-state index is 14.0. The van der Waals surface area contributed by atoms with Crippen LogP contribution < -0.4 is 10.6 Å². The first-order chi connectivity index (χ1) is 18.4. The third-order valence-electron chi connectivity index (χ3n) is 7.59. The molecule has 3 amide bonds. The number of imidazole rings is 1. The van der Waals surface area contributed by atoms with Crippen LogP contribution in [0.3, 0.4) is 0 Å². The van der Waals surface area contributed by atoms with E-state index in [1.54, 1.807) is 37.0 Å². The van der Waals surface area contributed by atoms with Gasteiger partial charge in [0.05, 0.1) is 29.7 Å². The number of hydrogen-bond acceptors (Lipinski definition) is 6. The second kappa shape index (κ2) is 11.3. The number of aromatic nitrogens is 2. The van der Waals surface area contributed by atoms with E-state index < -0.39 is 18.2 Å². The molecule has 3 N–H and O–H groups in total. The number of halogens is 1. The van der Waals surface area contributed by atoms with E-state index in [-0.39, 0.29) is 30.4 Å². The van der Waals surface area contributed by atoms with E-state index in [1.165, 1.54) is 4.90 Å². The molecular weight excluding hydrogens is 599 g/mol. The Balaban J connectivity index is 1.49. The van der Waals surface area contributed by atoms with Crippen LogP contribution in [0.15, 0.2) is 48.5 Å². The van der Waals surface area contributed by atoms with E-state index >= 15 is 0 Å². The number of benzene rings is 2. The standard InChI is InChI=1S/C27H31IN6O4/c1-16(29-2)25(35)31-21-15-33(27(37)38-28)14-13-18-11-12-22(34(18)26(21)36)24-30-20-10-6-9-19(23(20)32-24)17-7-4-3-5-8-17/h3-10,16,18,21-22,29H,11-15H2,1-2H3,(H,30,32)(H,31,35)/t16-,18+,21-,22-/m0/s1. The zero-order chi connectivity index (χ0) is 26.8. The molecule has 1 aromatic heterocycles. The number of carbonyl (C=O) groups excluding carboxylic acids is 3. The van der Waals surface area contributed by atoms with Gasteiger partial charge < -0.3 is 28.5 Å². The van der Waals surface area contributed by atoms with Crippen LogP contribution in [0.2, 0.25) is 0 Å². The Labute approximate surface area is 235 Å². The Bertz CT molecular complexity index is 1330. The highest BCUT2D eigenvalue weighted by molar-refractivity contribution is 14.1. The topological polar surface area (TPSA) is 120 Å². The van der Waals surface area contributed by atoms with Gasteiger partial charge in [0.1, 0.15) is 11.9 Å². The summed E-state index contributed by atoms with van der Waals surface area (Å²) in [6, 6.07) is 14.4. The van der Waals surface area contributed by atoms with Crippen molar-refractivity contribution >= 4 is 51.9 Å². The number of likely N-dealkylation sites (N-methyl/N-ethyl adjacent to an activating group) is 1. The minimum absolute atomic E-state index is 0.0388. The van der Waals surface area contributed by atoms with Crippen LogP contribution >= 0.6 is 23.0 Å². The summed E-state index contributed by atoms with van der Waals surface area (Å²) in [6.07, 6.45) is 1.62. The largest absolute Gasteiger partial charge is 0.419 e. The minimum Gasteiger partial charge on any atom is -0.378 e. The average Bonchev–Trinajstić information content (AvgIpc) is 3.56. The third kappa shape index (κ3) is 5.08. The van der Waals surface area contributed by atoms with Gasteiger partial charge >= 0.3 is 6.09 Å². The lowest BCUT2D eigenvalue weighted by Crippen LogP contribution is -2.60. The van der Waals surface area contributed by atoms with Crippen LogP contribution in [-0.2, 0) is 12.7 Å². The lowest BCUT2D eigenvalue weighted by atomic mass is 10.0. The third-order valence-corrected chi connectivity index (χ3v) is 7.97. The quantitative estimate of drug-likeness (QED) is 0.372. The monoisotopic (exact) mass is 630 g/mol. The minimum atomic E-state index is -0.901. The van der Waals surface area contributed by atoms with Crippen LogP contribution in [0.25, 0.3) is 22.2 Å². The Morgan fingerprint density at radius 3 is 2.66 bits per heavy atom. The summed E-state index contributed by atoms with van der Waals surface area (Å²) in [7, 11) is 1.68. The SMILES string of the molecule is CN[C@@H](C)C(=O)N[C@H]1CN(C(=O)OI)CC[C@H]2CC[C@@H](c3nc4cccc(-c5ccccc5)c4[nH]3)N2C1=O. The molecule has 2 fully saturated rings. The number of fused-ring (bicyclic) bond motifs is 2. The summed E-state index contributed by atoms with van der Waals surface area (Å²) in [5.74, 6) is 0.207. The molecule has 200 valence electrons. The molecule has 38 heavy (non-hydrogen) atoms. The van der Waals surface area contributed by atoms with E-state index in [2.05, 4.69) is 33.8 Å². The van der Waals surface area contributed by atoms with Gasteiger partial charge in [-0.3, -0.25) is 9.59 Å². The first-order valence-electron chi connectivity index (χ1n) is 12.8. The van der Waals surface area contributed by atoms with Gasteiger partial charge in [-0.2, -0.15) is 0 Å². The van der Waals surface area contributed by atoms with Gasteiger partial charge in [-0.05, 0) is 44.9 Å².